The second kappa shape index (κ2) is 5.41. The summed E-state index contributed by atoms with van der Waals surface area (Å²) in [4.78, 5) is 12.2. The summed E-state index contributed by atoms with van der Waals surface area (Å²) in [6.45, 7) is 0. The summed E-state index contributed by atoms with van der Waals surface area (Å²) < 4.78 is 23.9. The summed E-state index contributed by atoms with van der Waals surface area (Å²) in [5.41, 5.74) is 0.972. The molecule has 23 heavy (non-hydrogen) atoms. The summed E-state index contributed by atoms with van der Waals surface area (Å²) >= 11 is 0. The summed E-state index contributed by atoms with van der Waals surface area (Å²) in [7, 11) is 0. The molecule has 3 aromatic heterocycles. The lowest BCUT2D eigenvalue weighted by atomic mass is 10.2. The smallest absolute Gasteiger partial charge is 0.316 e. The number of benzene rings is 1. The van der Waals surface area contributed by atoms with Crippen molar-refractivity contribution in [1.29, 1.82) is 0 Å². The molecule has 4 rings (SSSR count). The molecule has 8 heteroatoms. The van der Waals surface area contributed by atoms with Gasteiger partial charge in [-0.2, -0.15) is 9.97 Å². The van der Waals surface area contributed by atoms with Crippen LogP contribution >= 0.6 is 0 Å². The Kier molecular flexibility index (Phi) is 3.12. The molecule has 0 radical (unpaired) electrons. The molecule has 7 nitrogen and oxygen atoms in total. The zero-order valence-electron chi connectivity index (χ0n) is 11.5. The summed E-state index contributed by atoms with van der Waals surface area (Å²) in [5, 5.41) is 7.59. The molecular formula is C15H8FN5O2. The van der Waals surface area contributed by atoms with E-state index in [2.05, 4.69) is 25.3 Å². The van der Waals surface area contributed by atoms with E-state index in [1.807, 2.05) is 0 Å². The first kappa shape index (κ1) is 13.3. The van der Waals surface area contributed by atoms with Gasteiger partial charge >= 0.3 is 11.8 Å². The van der Waals surface area contributed by atoms with Crippen molar-refractivity contribution in [3.8, 4) is 34.6 Å². The van der Waals surface area contributed by atoms with E-state index in [4.69, 9.17) is 9.05 Å². The molecule has 0 aliphatic carbocycles. The van der Waals surface area contributed by atoms with Crippen LogP contribution in [0.5, 0.6) is 0 Å². The van der Waals surface area contributed by atoms with Crippen LogP contribution in [-0.4, -0.2) is 25.3 Å². The number of rotatable bonds is 3. The third kappa shape index (κ3) is 2.46. The molecule has 0 saturated heterocycles. The average Bonchev–Trinajstić information content (AvgIpc) is 3.25. The molecule has 4 aromatic rings. The molecule has 0 saturated carbocycles. The SMILES string of the molecule is Fc1ccccc1-c1noc(-c2nc(-c3ccncc3)no2)n1. The van der Waals surface area contributed by atoms with Crippen LogP contribution in [0.3, 0.4) is 0 Å². The zero-order chi connectivity index (χ0) is 15.6. The van der Waals surface area contributed by atoms with Crippen LogP contribution in [0.4, 0.5) is 4.39 Å². The Labute approximate surface area is 128 Å². The van der Waals surface area contributed by atoms with Crippen molar-refractivity contribution in [3.05, 3.63) is 54.6 Å². The number of hydrogen-bond donors (Lipinski definition) is 0. The number of aromatic nitrogens is 5. The van der Waals surface area contributed by atoms with Crippen molar-refractivity contribution < 1.29 is 13.4 Å². The van der Waals surface area contributed by atoms with Gasteiger partial charge in [-0.15, -0.1) is 0 Å². The number of pyridine rings is 1. The van der Waals surface area contributed by atoms with Crippen molar-refractivity contribution in [3.63, 3.8) is 0 Å². The van der Waals surface area contributed by atoms with Gasteiger partial charge in [0.05, 0.1) is 5.56 Å². The highest BCUT2D eigenvalue weighted by Gasteiger charge is 2.19. The molecule has 0 bridgehead atoms. The van der Waals surface area contributed by atoms with E-state index in [9.17, 15) is 4.39 Å². The van der Waals surface area contributed by atoms with E-state index < -0.39 is 5.82 Å². The first-order chi connectivity index (χ1) is 11.3. The Balaban J connectivity index is 1.68. The van der Waals surface area contributed by atoms with Gasteiger partial charge in [0.15, 0.2) is 0 Å². The lowest BCUT2D eigenvalue weighted by Crippen LogP contribution is -1.86. The Morgan fingerprint density at radius 2 is 1.43 bits per heavy atom. The van der Waals surface area contributed by atoms with Gasteiger partial charge in [-0.3, -0.25) is 4.98 Å². The maximum absolute atomic E-state index is 13.7. The highest BCUT2D eigenvalue weighted by atomic mass is 19.1. The first-order valence-electron chi connectivity index (χ1n) is 6.64. The zero-order valence-corrected chi connectivity index (χ0v) is 11.5. The van der Waals surface area contributed by atoms with Crippen LogP contribution in [-0.2, 0) is 0 Å². The van der Waals surface area contributed by atoms with Gasteiger partial charge in [0, 0.05) is 18.0 Å². The number of hydrogen-bond acceptors (Lipinski definition) is 7. The fraction of sp³-hybridized carbons (Fsp3) is 0. The van der Waals surface area contributed by atoms with E-state index in [0.717, 1.165) is 5.56 Å². The third-order valence-corrected chi connectivity index (χ3v) is 3.09. The molecule has 0 spiro atoms. The van der Waals surface area contributed by atoms with Crippen molar-refractivity contribution in [2.24, 2.45) is 0 Å². The molecule has 0 N–H and O–H groups in total. The molecule has 3 heterocycles. The van der Waals surface area contributed by atoms with E-state index in [-0.39, 0.29) is 23.2 Å². The second-order valence-corrected chi connectivity index (χ2v) is 4.56. The average molecular weight is 309 g/mol. The molecule has 0 unspecified atom stereocenters. The van der Waals surface area contributed by atoms with Gasteiger partial charge in [-0.05, 0) is 24.3 Å². The molecule has 0 aliphatic rings. The Morgan fingerprint density at radius 3 is 2.17 bits per heavy atom. The van der Waals surface area contributed by atoms with Crippen LogP contribution < -0.4 is 0 Å². The summed E-state index contributed by atoms with van der Waals surface area (Å²) in [6.07, 6.45) is 3.24. The predicted molar refractivity (Wildman–Crippen MR) is 76.2 cm³/mol. The second-order valence-electron chi connectivity index (χ2n) is 4.56. The minimum Gasteiger partial charge on any atom is -0.328 e. The monoisotopic (exact) mass is 309 g/mol. The fourth-order valence-electron chi connectivity index (χ4n) is 1.99. The van der Waals surface area contributed by atoms with Crippen LogP contribution in [0.1, 0.15) is 0 Å². The summed E-state index contributed by atoms with van der Waals surface area (Å²) in [6, 6.07) is 9.63. The fourth-order valence-corrected chi connectivity index (χ4v) is 1.99. The van der Waals surface area contributed by atoms with Crippen LogP contribution in [0.15, 0.2) is 57.8 Å². The highest BCUT2D eigenvalue weighted by Crippen LogP contribution is 2.24. The first-order valence-corrected chi connectivity index (χ1v) is 6.64. The molecule has 112 valence electrons. The van der Waals surface area contributed by atoms with Gasteiger partial charge in [0.2, 0.25) is 11.6 Å². The molecule has 1 aromatic carbocycles. The topological polar surface area (TPSA) is 90.7 Å². The molecule has 0 atom stereocenters. The maximum atomic E-state index is 13.7. The van der Waals surface area contributed by atoms with E-state index >= 15 is 0 Å². The largest absolute Gasteiger partial charge is 0.328 e. The Bertz CT molecular complexity index is 951. The lowest BCUT2D eigenvalue weighted by molar-refractivity contribution is 0.383. The maximum Gasteiger partial charge on any atom is 0.316 e. The quantitative estimate of drug-likeness (QED) is 0.574. The van der Waals surface area contributed by atoms with Crippen LogP contribution in [0, 0.1) is 5.82 Å². The molecule has 0 amide bonds. The molecular weight excluding hydrogens is 301 g/mol. The van der Waals surface area contributed by atoms with Crippen LogP contribution in [0.25, 0.3) is 34.6 Å². The lowest BCUT2D eigenvalue weighted by Gasteiger charge is -1.94. The number of halogens is 1. The van der Waals surface area contributed by atoms with Crippen molar-refractivity contribution in [1.82, 2.24) is 25.3 Å². The van der Waals surface area contributed by atoms with Crippen LogP contribution in [0.2, 0.25) is 0 Å². The van der Waals surface area contributed by atoms with E-state index in [1.54, 1.807) is 42.7 Å². The van der Waals surface area contributed by atoms with E-state index in [0.29, 0.717) is 5.82 Å². The van der Waals surface area contributed by atoms with Gasteiger partial charge in [-0.25, -0.2) is 4.39 Å². The number of nitrogens with zero attached hydrogens (tertiary/aromatic N) is 5. The highest BCUT2D eigenvalue weighted by molar-refractivity contribution is 5.58. The molecule has 0 fully saturated rings. The van der Waals surface area contributed by atoms with Gasteiger partial charge < -0.3 is 9.05 Å². The molecule has 0 aliphatic heterocycles. The predicted octanol–water partition coefficient (Wildman–Crippen LogP) is 2.99. The summed E-state index contributed by atoms with van der Waals surface area (Å²) in [5.74, 6) is 0.126. The van der Waals surface area contributed by atoms with Crippen molar-refractivity contribution in [2.75, 3.05) is 0 Å². The minimum atomic E-state index is -0.442. The van der Waals surface area contributed by atoms with Crippen molar-refractivity contribution >= 4 is 0 Å². The normalized spacial score (nSPS) is 10.8. The Hall–Kier alpha value is -3.42. The third-order valence-electron chi connectivity index (χ3n) is 3.09. The van der Waals surface area contributed by atoms with Gasteiger partial charge in [0.25, 0.3) is 0 Å². The minimum absolute atomic E-state index is 0.0241. The van der Waals surface area contributed by atoms with Gasteiger partial charge in [0.1, 0.15) is 5.82 Å². The van der Waals surface area contributed by atoms with Gasteiger partial charge in [-0.1, -0.05) is 22.4 Å². The van der Waals surface area contributed by atoms with Crippen molar-refractivity contribution in [2.45, 2.75) is 0 Å². The Morgan fingerprint density at radius 1 is 0.783 bits per heavy atom. The van der Waals surface area contributed by atoms with E-state index in [1.165, 1.54) is 6.07 Å². The standard InChI is InChI=1S/C15H8FN5O2/c16-11-4-2-1-3-10(11)13-19-15(23-21-13)14-18-12(20-22-14)9-5-7-17-8-6-9/h1-8H.